The molecule has 0 spiro atoms. The zero-order valence-electron chi connectivity index (χ0n) is 10.2. The highest BCUT2D eigenvalue weighted by Crippen LogP contribution is 2.33. The van der Waals surface area contributed by atoms with E-state index in [1.54, 1.807) is 24.3 Å². The van der Waals surface area contributed by atoms with Crippen LogP contribution in [0.25, 0.3) is 0 Å². The molecule has 0 aliphatic heterocycles. The highest BCUT2D eigenvalue weighted by atomic mass is 32.1. The van der Waals surface area contributed by atoms with Crippen molar-refractivity contribution in [2.75, 3.05) is 0 Å². The van der Waals surface area contributed by atoms with Crippen molar-refractivity contribution in [2.45, 2.75) is 18.6 Å². The number of ketones is 1. The molecule has 2 aromatic rings. The Kier molecular flexibility index (Phi) is 4.20. The average molecular weight is 300 g/mol. The third kappa shape index (κ3) is 3.43. The number of alkyl halides is 3. The Hall–Kier alpha value is -1.73. The molecule has 0 fully saturated rings. The summed E-state index contributed by atoms with van der Waals surface area (Å²) in [5, 5.41) is -1.02. The van der Waals surface area contributed by atoms with Crippen LogP contribution >= 0.6 is 11.3 Å². The predicted molar refractivity (Wildman–Crippen MR) is 69.4 cm³/mol. The van der Waals surface area contributed by atoms with Crippen molar-refractivity contribution in [3.8, 4) is 0 Å². The first-order valence-corrected chi connectivity index (χ1v) is 6.56. The smallest absolute Gasteiger partial charge is 0.324 e. The number of carbonyl (C=O) groups excluding carboxylic acids is 1. The molecule has 1 atom stereocenters. The molecular formula is C13H11F3N2OS. The average Bonchev–Trinajstić information content (AvgIpc) is 2.89. The number of carbonyl (C=O) groups is 1. The summed E-state index contributed by atoms with van der Waals surface area (Å²) < 4.78 is 37.2. The van der Waals surface area contributed by atoms with E-state index in [1.165, 1.54) is 0 Å². The van der Waals surface area contributed by atoms with Crippen LogP contribution in [0.1, 0.15) is 32.7 Å². The topological polar surface area (TPSA) is 56.0 Å². The zero-order valence-corrected chi connectivity index (χ0v) is 11.0. The van der Waals surface area contributed by atoms with Crippen molar-refractivity contribution in [3.63, 3.8) is 0 Å². The Morgan fingerprint density at radius 3 is 2.50 bits per heavy atom. The van der Waals surface area contributed by atoms with Gasteiger partial charge in [-0.05, 0) is 5.56 Å². The molecule has 7 heteroatoms. The second kappa shape index (κ2) is 5.72. The number of nitrogens with zero attached hydrogens (tertiary/aromatic N) is 1. The van der Waals surface area contributed by atoms with Crippen LogP contribution in [0.5, 0.6) is 0 Å². The van der Waals surface area contributed by atoms with E-state index in [1.807, 2.05) is 6.07 Å². The zero-order chi connectivity index (χ0) is 14.8. The lowest BCUT2D eigenvalue weighted by Crippen LogP contribution is -2.14. The Morgan fingerprint density at radius 1 is 1.30 bits per heavy atom. The molecule has 1 unspecified atom stereocenters. The van der Waals surface area contributed by atoms with Gasteiger partial charge in [-0.1, -0.05) is 30.3 Å². The van der Waals surface area contributed by atoms with Crippen LogP contribution < -0.4 is 5.73 Å². The summed E-state index contributed by atoms with van der Waals surface area (Å²) in [6.45, 7) is 0. The van der Waals surface area contributed by atoms with E-state index in [9.17, 15) is 18.0 Å². The van der Waals surface area contributed by atoms with Gasteiger partial charge in [0.25, 0.3) is 0 Å². The van der Waals surface area contributed by atoms with E-state index in [-0.39, 0.29) is 11.3 Å². The lowest BCUT2D eigenvalue weighted by molar-refractivity contribution is -0.137. The Balaban J connectivity index is 2.07. The molecule has 1 heterocycles. The molecule has 0 saturated carbocycles. The van der Waals surface area contributed by atoms with Crippen molar-refractivity contribution in [1.29, 1.82) is 0 Å². The minimum Gasteiger partial charge on any atom is -0.324 e. The second-order valence-corrected chi connectivity index (χ2v) is 5.20. The number of aromatic nitrogens is 1. The molecule has 0 saturated heterocycles. The number of nitrogens with two attached hydrogens (primary N) is 1. The molecule has 0 radical (unpaired) electrons. The van der Waals surface area contributed by atoms with Crippen molar-refractivity contribution in [3.05, 3.63) is 52.0 Å². The summed E-state index contributed by atoms with van der Waals surface area (Å²) in [5.74, 6) is -0.436. The second-order valence-electron chi connectivity index (χ2n) is 4.17. The van der Waals surface area contributed by atoms with Crippen LogP contribution in [0, 0.1) is 0 Å². The quantitative estimate of drug-likeness (QED) is 0.880. The summed E-state index contributed by atoms with van der Waals surface area (Å²) in [4.78, 5) is 15.1. The summed E-state index contributed by atoms with van der Waals surface area (Å²) in [6.07, 6.45) is -3.62. The van der Waals surface area contributed by atoms with Crippen LogP contribution in [-0.4, -0.2) is 10.8 Å². The molecule has 20 heavy (non-hydrogen) atoms. The van der Waals surface area contributed by atoms with Gasteiger partial charge in [-0.15, -0.1) is 11.3 Å². The van der Waals surface area contributed by atoms with Gasteiger partial charge in [0.2, 0.25) is 0 Å². The molecular weight excluding hydrogens is 289 g/mol. The van der Waals surface area contributed by atoms with Gasteiger partial charge in [-0.2, -0.15) is 13.2 Å². The molecule has 2 rings (SSSR count). The lowest BCUT2D eigenvalue weighted by atomic mass is 10.0. The summed E-state index contributed by atoms with van der Waals surface area (Å²) in [6, 6.07) is 8.39. The Labute approximate surface area is 117 Å². The molecule has 0 aliphatic rings. The van der Waals surface area contributed by atoms with E-state index in [0.29, 0.717) is 11.3 Å². The van der Waals surface area contributed by atoms with Crippen LogP contribution in [0.2, 0.25) is 0 Å². The van der Waals surface area contributed by atoms with E-state index in [4.69, 9.17) is 5.73 Å². The number of rotatable bonds is 4. The monoisotopic (exact) mass is 300 g/mol. The number of benzene rings is 1. The summed E-state index contributed by atoms with van der Waals surface area (Å²) in [5.41, 5.74) is 6.63. The lowest BCUT2D eigenvalue weighted by Gasteiger charge is -2.09. The fourth-order valence-electron chi connectivity index (χ4n) is 1.65. The number of thiazole rings is 1. The van der Waals surface area contributed by atoms with Gasteiger partial charge in [-0.3, -0.25) is 4.79 Å². The van der Waals surface area contributed by atoms with Crippen molar-refractivity contribution in [2.24, 2.45) is 5.73 Å². The maximum absolute atomic E-state index is 12.4. The number of hydrogen-bond donors (Lipinski definition) is 1. The van der Waals surface area contributed by atoms with Gasteiger partial charge in [0, 0.05) is 18.7 Å². The largest absolute Gasteiger partial charge is 0.443 e. The maximum atomic E-state index is 12.4. The van der Waals surface area contributed by atoms with Gasteiger partial charge >= 0.3 is 6.18 Å². The third-order valence-electron chi connectivity index (χ3n) is 2.66. The molecule has 1 aromatic heterocycles. The van der Waals surface area contributed by atoms with Crippen LogP contribution in [0.15, 0.2) is 36.5 Å². The fourth-order valence-corrected chi connectivity index (χ4v) is 2.38. The van der Waals surface area contributed by atoms with Crippen LogP contribution in [-0.2, 0) is 6.18 Å². The normalized spacial score (nSPS) is 13.2. The first kappa shape index (κ1) is 14.7. The Morgan fingerprint density at radius 2 is 1.95 bits per heavy atom. The molecule has 2 N–H and O–H groups in total. The van der Waals surface area contributed by atoms with E-state index >= 15 is 0 Å². The highest BCUT2D eigenvalue weighted by Gasteiger charge is 2.35. The van der Waals surface area contributed by atoms with Gasteiger partial charge < -0.3 is 5.73 Å². The molecule has 1 aromatic carbocycles. The molecule has 0 amide bonds. The van der Waals surface area contributed by atoms with Gasteiger partial charge in [0.15, 0.2) is 10.8 Å². The number of halogens is 3. The van der Waals surface area contributed by atoms with Gasteiger partial charge in [0.05, 0.1) is 4.88 Å². The maximum Gasteiger partial charge on any atom is 0.443 e. The first-order valence-electron chi connectivity index (χ1n) is 5.74. The van der Waals surface area contributed by atoms with E-state index in [0.717, 1.165) is 11.8 Å². The summed E-state index contributed by atoms with van der Waals surface area (Å²) >= 11 is 0.344. The molecule has 0 bridgehead atoms. The van der Waals surface area contributed by atoms with Gasteiger partial charge in [0.1, 0.15) is 0 Å². The SMILES string of the molecule is NC(CC(=O)c1cnc(C(F)(F)F)s1)c1ccccc1. The number of hydrogen-bond acceptors (Lipinski definition) is 4. The predicted octanol–water partition coefficient (Wildman–Crippen LogP) is 3.43. The van der Waals surface area contributed by atoms with Gasteiger partial charge in [-0.25, -0.2) is 4.98 Å². The minimum absolute atomic E-state index is 0.0243. The van der Waals surface area contributed by atoms with Crippen LogP contribution in [0.3, 0.4) is 0 Å². The molecule has 3 nitrogen and oxygen atoms in total. The van der Waals surface area contributed by atoms with E-state index < -0.39 is 23.0 Å². The first-order chi connectivity index (χ1) is 9.38. The summed E-state index contributed by atoms with van der Waals surface area (Å²) in [7, 11) is 0. The van der Waals surface area contributed by atoms with Crippen molar-refractivity contribution < 1.29 is 18.0 Å². The van der Waals surface area contributed by atoms with Crippen LogP contribution in [0.4, 0.5) is 13.2 Å². The molecule has 106 valence electrons. The van der Waals surface area contributed by atoms with Crippen molar-refractivity contribution in [1.82, 2.24) is 4.98 Å². The minimum atomic E-state index is -4.52. The third-order valence-corrected chi connectivity index (χ3v) is 3.74. The standard InChI is InChI=1S/C13H11F3N2OS/c14-13(15,16)12-18-7-11(20-12)10(19)6-9(17)8-4-2-1-3-5-8/h1-5,7,9H,6,17H2. The van der Waals surface area contributed by atoms with Crippen molar-refractivity contribution >= 4 is 17.1 Å². The highest BCUT2D eigenvalue weighted by molar-refractivity contribution is 7.13. The fraction of sp³-hybridized carbons (Fsp3) is 0.231. The number of Topliss-reactive ketones (excluding diaryl/α,β-unsaturated/α-hetero) is 1. The Bertz CT molecular complexity index is 595. The van der Waals surface area contributed by atoms with E-state index in [2.05, 4.69) is 4.98 Å². The molecule has 0 aliphatic carbocycles.